The van der Waals surface area contributed by atoms with Crippen LogP contribution in [-0.4, -0.2) is 12.8 Å². The Bertz CT molecular complexity index is 221. The predicted molar refractivity (Wildman–Crippen MR) is 47.1 cm³/mol. The van der Waals surface area contributed by atoms with E-state index in [1.54, 1.807) is 0 Å². The highest BCUT2D eigenvalue weighted by molar-refractivity contribution is 5.30. The fraction of sp³-hybridized carbons (Fsp3) is 0.556. The van der Waals surface area contributed by atoms with Crippen LogP contribution >= 0.6 is 0 Å². The van der Waals surface area contributed by atoms with Crippen molar-refractivity contribution >= 4 is 0 Å². The fourth-order valence-electron chi connectivity index (χ4n) is 1.14. The molecule has 12 heavy (non-hydrogen) atoms. The highest BCUT2D eigenvalue weighted by Gasteiger charge is 2.24. The molecule has 3 nitrogen and oxygen atoms in total. The van der Waals surface area contributed by atoms with Gasteiger partial charge in [0.1, 0.15) is 0 Å². The van der Waals surface area contributed by atoms with E-state index in [2.05, 4.69) is 6.58 Å². The molecule has 68 valence electrons. The Kier molecular flexibility index (Phi) is 2.76. The molecule has 0 saturated carbocycles. The molecule has 0 radical (unpaired) electrons. The lowest BCUT2D eigenvalue weighted by Crippen LogP contribution is -2.18. The number of nitrogens with two attached hydrogens (primary N) is 1. The minimum atomic E-state index is -0.266. The van der Waals surface area contributed by atoms with Crippen molar-refractivity contribution in [2.24, 2.45) is 5.73 Å². The summed E-state index contributed by atoms with van der Waals surface area (Å²) in [7, 11) is 0. The molecule has 0 aromatic rings. The van der Waals surface area contributed by atoms with E-state index in [1.807, 2.05) is 13.8 Å². The summed E-state index contributed by atoms with van der Waals surface area (Å²) in [6.45, 7) is 8.27. The maximum absolute atomic E-state index is 5.60. The zero-order valence-electron chi connectivity index (χ0n) is 7.59. The minimum absolute atomic E-state index is 0.266. The molecule has 3 heteroatoms. The van der Waals surface area contributed by atoms with Crippen LogP contribution in [0.25, 0.3) is 0 Å². The van der Waals surface area contributed by atoms with Gasteiger partial charge >= 0.3 is 0 Å². The van der Waals surface area contributed by atoms with Crippen LogP contribution in [0.1, 0.15) is 20.3 Å². The van der Waals surface area contributed by atoms with Gasteiger partial charge in [0.2, 0.25) is 0 Å². The van der Waals surface area contributed by atoms with Gasteiger partial charge in [0.15, 0.2) is 6.23 Å². The Morgan fingerprint density at radius 3 is 3.00 bits per heavy atom. The van der Waals surface area contributed by atoms with E-state index in [-0.39, 0.29) is 6.23 Å². The molecule has 0 fully saturated rings. The van der Waals surface area contributed by atoms with Gasteiger partial charge in [-0.3, -0.25) is 5.73 Å². The highest BCUT2D eigenvalue weighted by atomic mass is 16.7. The first kappa shape index (κ1) is 9.13. The molecule has 1 atom stereocenters. The summed E-state index contributed by atoms with van der Waals surface area (Å²) < 4.78 is 10.5. The van der Waals surface area contributed by atoms with Gasteiger partial charge in [0, 0.05) is 12.0 Å². The van der Waals surface area contributed by atoms with Crippen LogP contribution in [-0.2, 0) is 9.47 Å². The molecule has 1 unspecified atom stereocenters. The Morgan fingerprint density at radius 1 is 1.83 bits per heavy atom. The molecule has 2 N–H and O–H groups in total. The lowest BCUT2D eigenvalue weighted by atomic mass is 10.1. The molecule has 0 aliphatic carbocycles. The van der Waals surface area contributed by atoms with Gasteiger partial charge in [-0.05, 0) is 19.4 Å². The number of allylic oxidation sites excluding steroid dienone is 1. The quantitative estimate of drug-likeness (QED) is 0.696. The van der Waals surface area contributed by atoms with Crippen molar-refractivity contribution in [2.45, 2.75) is 26.5 Å². The molecule has 1 heterocycles. The lowest BCUT2D eigenvalue weighted by Gasteiger charge is -2.07. The molecule has 1 aliphatic rings. The van der Waals surface area contributed by atoms with Crippen LogP contribution in [0, 0.1) is 0 Å². The second kappa shape index (κ2) is 3.63. The van der Waals surface area contributed by atoms with E-state index in [9.17, 15) is 0 Å². The topological polar surface area (TPSA) is 44.5 Å². The molecule has 1 aliphatic heterocycles. The standard InChI is InChI=1S/C9H15NO2/c1-4-11-9-7(6(2)3)5-8(10)12-9/h8H,2,4-5,10H2,1,3H3. The van der Waals surface area contributed by atoms with Crippen molar-refractivity contribution < 1.29 is 9.47 Å². The largest absolute Gasteiger partial charge is 0.465 e. The fourth-order valence-corrected chi connectivity index (χ4v) is 1.14. The van der Waals surface area contributed by atoms with Crippen molar-refractivity contribution in [3.05, 3.63) is 23.7 Å². The number of rotatable bonds is 3. The van der Waals surface area contributed by atoms with Gasteiger partial charge in [0.25, 0.3) is 5.95 Å². The summed E-state index contributed by atoms with van der Waals surface area (Å²) in [5.41, 5.74) is 7.57. The Hall–Kier alpha value is -0.960. The summed E-state index contributed by atoms with van der Waals surface area (Å²) >= 11 is 0. The van der Waals surface area contributed by atoms with Crippen molar-refractivity contribution in [1.82, 2.24) is 0 Å². The summed E-state index contributed by atoms with van der Waals surface area (Å²) in [4.78, 5) is 0. The summed E-state index contributed by atoms with van der Waals surface area (Å²) in [6, 6.07) is 0. The molecule has 0 spiro atoms. The molecular formula is C9H15NO2. The lowest BCUT2D eigenvalue weighted by molar-refractivity contribution is 0.0202. The average molecular weight is 169 g/mol. The normalized spacial score (nSPS) is 22.4. The van der Waals surface area contributed by atoms with Crippen molar-refractivity contribution in [1.29, 1.82) is 0 Å². The van der Waals surface area contributed by atoms with E-state index in [1.165, 1.54) is 0 Å². The summed E-state index contributed by atoms with van der Waals surface area (Å²) in [5, 5.41) is 0. The van der Waals surface area contributed by atoms with Crippen molar-refractivity contribution in [2.75, 3.05) is 6.61 Å². The summed E-state index contributed by atoms with van der Waals surface area (Å²) in [5.74, 6) is 0.553. The average Bonchev–Trinajstić information content (AvgIpc) is 2.32. The van der Waals surface area contributed by atoms with Gasteiger partial charge in [-0.25, -0.2) is 0 Å². The molecule has 0 amide bonds. The van der Waals surface area contributed by atoms with Crippen LogP contribution in [0.5, 0.6) is 0 Å². The minimum Gasteiger partial charge on any atom is -0.465 e. The number of hydrogen-bond donors (Lipinski definition) is 1. The molecular weight excluding hydrogens is 154 g/mol. The monoisotopic (exact) mass is 169 g/mol. The van der Waals surface area contributed by atoms with Gasteiger partial charge in [-0.2, -0.15) is 0 Å². The number of hydrogen-bond acceptors (Lipinski definition) is 3. The highest BCUT2D eigenvalue weighted by Crippen LogP contribution is 2.27. The third kappa shape index (κ3) is 1.80. The first-order valence-electron chi connectivity index (χ1n) is 4.09. The van der Waals surface area contributed by atoms with Crippen LogP contribution < -0.4 is 5.73 Å². The predicted octanol–water partition coefficient (Wildman–Crippen LogP) is 1.52. The van der Waals surface area contributed by atoms with E-state index in [0.717, 1.165) is 11.1 Å². The molecule has 1 rings (SSSR count). The second-order valence-electron chi connectivity index (χ2n) is 2.84. The Labute approximate surface area is 72.8 Å². The van der Waals surface area contributed by atoms with Crippen molar-refractivity contribution in [3.63, 3.8) is 0 Å². The van der Waals surface area contributed by atoms with Crippen LogP contribution in [0.2, 0.25) is 0 Å². The van der Waals surface area contributed by atoms with Gasteiger partial charge in [-0.15, -0.1) is 0 Å². The second-order valence-corrected chi connectivity index (χ2v) is 2.84. The zero-order valence-corrected chi connectivity index (χ0v) is 7.59. The Morgan fingerprint density at radius 2 is 2.50 bits per heavy atom. The maximum atomic E-state index is 5.60. The SMILES string of the molecule is C=C(C)C1=C(OCC)OC(N)C1. The molecule has 0 aromatic heterocycles. The van der Waals surface area contributed by atoms with Crippen LogP contribution in [0.3, 0.4) is 0 Å². The van der Waals surface area contributed by atoms with E-state index < -0.39 is 0 Å². The van der Waals surface area contributed by atoms with E-state index in [4.69, 9.17) is 15.2 Å². The number of ether oxygens (including phenoxy) is 2. The molecule has 0 bridgehead atoms. The summed E-state index contributed by atoms with van der Waals surface area (Å²) in [6.07, 6.45) is 0.434. The van der Waals surface area contributed by atoms with E-state index in [0.29, 0.717) is 19.0 Å². The molecule has 0 aromatic carbocycles. The van der Waals surface area contributed by atoms with Gasteiger partial charge < -0.3 is 9.47 Å². The van der Waals surface area contributed by atoms with Gasteiger partial charge in [-0.1, -0.05) is 6.58 Å². The van der Waals surface area contributed by atoms with Crippen LogP contribution in [0.15, 0.2) is 23.7 Å². The van der Waals surface area contributed by atoms with Crippen molar-refractivity contribution in [3.8, 4) is 0 Å². The molecule has 0 saturated heterocycles. The van der Waals surface area contributed by atoms with Crippen LogP contribution in [0.4, 0.5) is 0 Å². The first-order valence-corrected chi connectivity index (χ1v) is 4.09. The third-order valence-corrected chi connectivity index (χ3v) is 1.70. The van der Waals surface area contributed by atoms with E-state index >= 15 is 0 Å². The zero-order chi connectivity index (χ0) is 9.14. The Balaban J connectivity index is 2.74. The smallest absolute Gasteiger partial charge is 0.284 e. The third-order valence-electron chi connectivity index (χ3n) is 1.70. The first-order chi connectivity index (χ1) is 5.65. The van der Waals surface area contributed by atoms with Gasteiger partial charge in [0.05, 0.1) is 6.61 Å². The maximum Gasteiger partial charge on any atom is 0.284 e.